The van der Waals surface area contributed by atoms with Crippen LogP contribution in [0.4, 0.5) is 0 Å². The molecule has 3 N–H and O–H groups in total. The number of rotatable bonds is 3. The molecule has 2 aromatic carbocycles. The minimum absolute atomic E-state index is 0.243. The monoisotopic (exact) mass is 362 g/mol. The van der Waals surface area contributed by atoms with E-state index in [0.29, 0.717) is 5.84 Å². The number of H-pyrrole nitrogens is 1. The lowest BCUT2D eigenvalue weighted by Crippen LogP contribution is -2.20. The third kappa shape index (κ3) is 3.14. The van der Waals surface area contributed by atoms with Gasteiger partial charge >= 0.3 is 0 Å². The number of hydrogen-bond donors (Lipinski definition) is 2. The van der Waals surface area contributed by atoms with Crippen molar-refractivity contribution >= 4 is 5.84 Å². The van der Waals surface area contributed by atoms with Gasteiger partial charge in [-0.05, 0) is 37.6 Å². The van der Waals surface area contributed by atoms with Gasteiger partial charge in [-0.25, -0.2) is 0 Å². The van der Waals surface area contributed by atoms with Crippen LogP contribution in [-0.2, 0) is 0 Å². The first-order chi connectivity index (χ1) is 13.1. The Labute approximate surface area is 158 Å². The van der Waals surface area contributed by atoms with Gasteiger partial charge in [0.25, 0.3) is 0 Å². The van der Waals surface area contributed by atoms with E-state index < -0.39 is 0 Å². The second kappa shape index (κ2) is 6.79. The summed E-state index contributed by atoms with van der Waals surface area (Å²) in [5.41, 5.74) is 12.4. The standard InChI is InChI=1S/C21H22N4O2/c1-12-4-5-13(2)16(8-12)21-17(10-23-25-21)20-15-7-6-14(26-3)9-18(15)27-11-19(22)24-20/h4-10,20H,11H2,1-3H3,(H2,22,24)(H,23,25). The molecule has 0 spiro atoms. The Morgan fingerprint density at radius 2 is 2.00 bits per heavy atom. The Morgan fingerprint density at radius 3 is 2.81 bits per heavy atom. The highest BCUT2D eigenvalue weighted by atomic mass is 16.5. The molecule has 138 valence electrons. The van der Waals surface area contributed by atoms with E-state index in [0.717, 1.165) is 33.9 Å². The van der Waals surface area contributed by atoms with E-state index in [4.69, 9.17) is 20.2 Å². The van der Waals surface area contributed by atoms with Gasteiger partial charge in [0, 0.05) is 22.8 Å². The quantitative estimate of drug-likeness (QED) is 0.746. The van der Waals surface area contributed by atoms with Crippen LogP contribution in [-0.4, -0.2) is 29.7 Å². The maximum Gasteiger partial charge on any atom is 0.145 e. The number of methoxy groups -OCH3 is 1. The van der Waals surface area contributed by atoms with Gasteiger partial charge in [0.05, 0.1) is 19.0 Å². The molecule has 0 amide bonds. The molecule has 0 bridgehead atoms. The van der Waals surface area contributed by atoms with Crippen molar-refractivity contribution in [1.29, 1.82) is 0 Å². The van der Waals surface area contributed by atoms with Crippen molar-refractivity contribution in [3.8, 4) is 22.8 Å². The number of ether oxygens (including phenoxy) is 2. The smallest absolute Gasteiger partial charge is 0.145 e. The Hall–Kier alpha value is -3.28. The fourth-order valence-corrected chi connectivity index (χ4v) is 3.38. The molecule has 6 nitrogen and oxygen atoms in total. The third-order valence-corrected chi connectivity index (χ3v) is 4.81. The third-order valence-electron chi connectivity index (χ3n) is 4.81. The minimum Gasteiger partial charge on any atom is -0.497 e. The van der Waals surface area contributed by atoms with Crippen LogP contribution >= 0.6 is 0 Å². The maximum atomic E-state index is 6.09. The van der Waals surface area contributed by atoms with E-state index in [-0.39, 0.29) is 12.6 Å². The molecule has 6 heteroatoms. The first kappa shape index (κ1) is 17.1. The van der Waals surface area contributed by atoms with Crippen LogP contribution in [0.3, 0.4) is 0 Å². The largest absolute Gasteiger partial charge is 0.497 e. The summed E-state index contributed by atoms with van der Waals surface area (Å²) in [7, 11) is 1.63. The number of nitrogens with zero attached hydrogens (tertiary/aromatic N) is 2. The number of benzene rings is 2. The molecule has 0 aliphatic carbocycles. The van der Waals surface area contributed by atoms with Crippen molar-refractivity contribution in [2.24, 2.45) is 10.7 Å². The lowest BCUT2D eigenvalue weighted by atomic mass is 9.93. The van der Waals surface area contributed by atoms with Crippen LogP contribution in [0.25, 0.3) is 11.3 Å². The molecule has 4 rings (SSSR count). The molecule has 0 radical (unpaired) electrons. The average molecular weight is 362 g/mol. The predicted octanol–water partition coefficient (Wildman–Crippen LogP) is 3.54. The zero-order valence-electron chi connectivity index (χ0n) is 15.6. The Bertz CT molecular complexity index is 1020. The van der Waals surface area contributed by atoms with Crippen molar-refractivity contribution in [3.05, 3.63) is 64.8 Å². The van der Waals surface area contributed by atoms with Crippen molar-refractivity contribution in [2.45, 2.75) is 19.9 Å². The number of hydrogen-bond acceptors (Lipinski definition) is 5. The number of aromatic nitrogens is 2. The summed E-state index contributed by atoms with van der Waals surface area (Å²) >= 11 is 0. The molecule has 0 saturated carbocycles. The van der Waals surface area contributed by atoms with Gasteiger partial charge < -0.3 is 15.2 Å². The van der Waals surface area contributed by atoms with Crippen LogP contribution in [0.1, 0.15) is 28.3 Å². The van der Waals surface area contributed by atoms with Gasteiger partial charge in [-0.1, -0.05) is 17.7 Å². The number of amidine groups is 1. The molecular weight excluding hydrogens is 340 g/mol. The van der Waals surface area contributed by atoms with Gasteiger partial charge in [0.2, 0.25) is 0 Å². The van der Waals surface area contributed by atoms with Crippen molar-refractivity contribution in [1.82, 2.24) is 10.2 Å². The SMILES string of the molecule is COc1ccc2c(c1)OCC(N)=NC2c1cn[nH]c1-c1cc(C)ccc1C. The number of aryl methyl sites for hydroxylation is 2. The van der Waals surface area contributed by atoms with Gasteiger partial charge in [-0.15, -0.1) is 0 Å². The van der Waals surface area contributed by atoms with Gasteiger partial charge in [0.1, 0.15) is 30.0 Å². The van der Waals surface area contributed by atoms with Crippen LogP contribution in [0.5, 0.6) is 11.5 Å². The maximum absolute atomic E-state index is 6.09. The molecule has 1 aliphatic heterocycles. The van der Waals surface area contributed by atoms with Gasteiger partial charge in [-0.2, -0.15) is 5.10 Å². The van der Waals surface area contributed by atoms with E-state index in [1.807, 2.05) is 24.4 Å². The second-order valence-electron chi connectivity index (χ2n) is 6.73. The number of fused-ring (bicyclic) bond motifs is 1. The minimum atomic E-state index is -0.304. The zero-order chi connectivity index (χ0) is 19.0. The molecule has 1 unspecified atom stereocenters. The lowest BCUT2D eigenvalue weighted by Gasteiger charge is -2.16. The van der Waals surface area contributed by atoms with E-state index in [2.05, 4.69) is 42.2 Å². The normalized spacial score (nSPS) is 16.1. The molecule has 27 heavy (non-hydrogen) atoms. The Balaban J connectivity index is 1.88. The molecule has 1 aromatic heterocycles. The molecular formula is C21H22N4O2. The average Bonchev–Trinajstić information content (AvgIpc) is 3.09. The summed E-state index contributed by atoms with van der Waals surface area (Å²) in [5.74, 6) is 1.90. The fourth-order valence-electron chi connectivity index (χ4n) is 3.38. The summed E-state index contributed by atoms with van der Waals surface area (Å²) in [6, 6.07) is 11.8. The molecule has 2 heterocycles. The molecule has 1 atom stereocenters. The molecule has 0 fully saturated rings. The van der Waals surface area contributed by atoms with Crippen molar-refractivity contribution in [2.75, 3.05) is 13.7 Å². The number of nitrogens with one attached hydrogen (secondary N) is 1. The summed E-state index contributed by atoms with van der Waals surface area (Å²) in [6.45, 7) is 4.41. The zero-order valence-corrected chi connectivity index (χ0v) is 15.6. The first-order valence-electron chi connectivity index (χ1n) is 8.80. The highest BCUT2D eigenvalue weighted by molar-refractivity contribution is 5.83. The Kier molecular flexibility index (Phi) is 4.32. The molecule has 1 aliphatic rings. The van der Waals surface area contributed by atoms with Crippen molar-refractivity contribution < 1.29 is 9.47 Å². The fraction of sp³-hybridized carbons (Fsp3) is 0.238. The highest BCUT2D eigenvalue weighted by Gasteiger charge is 2.26. The molecule has 3 aromatic rings. The topological polar surface area (TPSA) is 85.5 Å². The van der Waals surface area contributed by atoms with E-state index in [1.54, 1.807) is 7.11 Å². The number of aromatic amines is 1. The number of aliphatic imine (C=N–C) groups is 1. The first-order valence-corrected chi connectivity index (χ1v) is 8.80. The summed E-state index contributed by atoms with van der Waals surface area (Å²) in [6.07, 6.45) is 1.82. The van der Waals surface area contributed by atoms with Crippen LogP contribution in [0, 0.1) is 13.8 Å². The van der Waals surface area contributed by atoms with E-state index in [9.17, 15) is 0 Å². The van der Waals surface area contributed by atoms with E-state index in [1.165, 1.54) is 11.1 Å². The second-order valence-corrected chi connectivity index (χ2v) is 6.73. The van der Waals surface area contributed by atoms with Crippen molar-refractivity contribution in [3.63, 3.8) is 0 Å². The summed E-state index contributed by atoms with van der Waals surface area (Å²) < 4.78 is 11.2. The number of nitrogens with two attached hydrogens (primary N) is 1. The van der Waals surface area contributed by atoms with E-state index >= 15 is 0 Å². The highest BCUT2D eigenvalue weighted by Crippen LogP contribution is 2.40. The predicted molar refractivity (Wildman–Crippen MR) is 105 cm³/mol. The van der Waals surface area contributed by atoms with Crippen LogP contribution in [0.2, 0.25) is 0 Å². The molecule has 0 saturated heterocycles. The van der Waals surface area contributed by atoms with Gasteiger partial charge in [-0.3, -0.25) is 10.1 Å². The lowest BCUT2D eigenvalue weighted by molar-refractivity contribution is 0.366. The summed E-state index contributed by atoms with van der Waals surface area (Å²) in [4.78, 5) is 4.72. The van der Waals surface area contributed by atoms with Gasteiger partial charge in [0.15, 0.2) is 0 Å². The van der Waals surface area contributed by atoms with Crippen LogP contribution in [0.15, 0.2) is 47.6 Å². The van der Waals surface area contributed by atoms with Crippen LogP contribution < -0.4 is 15.2 Å². The Morgan fingerprint density at radius 1 is 1.15 bits per heavy atom. The summed E-state index contributed by atoms with van der Waals surface area (Å²) in [5, 5.41) is 7.46.